The van der Waals surface area contributed by atoms with E-state index < -0.39 is 0 Å². The molecule has 5 rings (SSSR count). The maximum absolute atomic E-state index is 11.8. The Balaban J connectivity index is 1.40. The van der Waals surface area contributed by atoms with Crippen molar-refractivity contribution in [3.05, 3.63) is 88.3 Å². The number of aromatic amines is 2. The van der Waals surface area contributed by atoms with Gasteiger partial charge in [0.2, 0.25) is 11.4 Å². The van der Waals surface area contributed by atoms with Crippen LogP contribution in [0.4, 0.5) is 0 Å². The summed E-state index contributed by atoms with van der Waals surface area (Å²) in [5.74, 6) is 1.18. The Labute approximate surface area is 183 Å². The number of tetrazole rings is 1. The van der Waals surface area contributed by atoms with Crippen molar-refractivity contribution in [1.82, 2.24) is 30.6 Å². The first-order valence-electron chi connectivity index (χ1n) is 10.3. The van der Waals surface area contributed by atoms with Gasteiger partial charge < -0.3 is 9.72 Å². The molecule has 8 heteroatoms. The van der Waals surface area contributed by atoms with Crippen LogP contribution in [-0.2, 0) is 13.0 Å². The maximum Gasteiger partial charge on any atom is 0.248 e. The van der Waals surface area contributed by atoms with E-state index in [9.17, 15) is 4.79 Å². The second-order valence-electron chi connectivity index (χ2n) is 7.31. The van der Waals surface area contributed by atoms with Crippen molar-refractivity contribution >= 4 is 11.0 Å². The molecule has 0 aliphatic rings. The van der Waals surface area contributed by atoms with E-state index >= 15 is 0 Å². The van der Waals surface area contributed by atoms with Crippen LogP contribution < -0.4 is 10.3 Å². The summed E-state index contributed by atoms with van der Waals surface area (Å²) < 4.78 is 6.09. The molecular formula is C24H20N6O2. The predicted molar refractivity (Wildman–Crippen MR) is 121 cm³/mol. The van der Waals surface area contributed by atoms with Crippen molar-refractivity contribution < 1.29 is 4.74 Å². The number of hydrogen-bond acceptors (Lipinski definition) is 6. The van der Waals surface area contributed by atoms with Crippen LogP contribution in [-0.4, -0.2) is 30.6 Å². The molecule has 2 N–H and O–H groups in total. The number of rotatable bonds is 6. The molecule has 3 heterocycles. The summed E-state index contributed by atoms with van der Waals surface area (Å²) in [6, 6.07) is 21.1. The predicted octanol–water partition coefficient (Wildman–Crippen LogP) is 3.91. The summed E-state index contributed by atoms with van der Waals surface area (Å²) in [4.78, 5) is 19.2. The number of fused-ring (bicyclic) bond motifs is 1. The molecule has 0 spiro atoms. The van der Waals surface area contributed by atoms with Gasteiger partial charge in [-0.3, -0.25) is 9.78 Å². The Kier molecular flexibility index (Phi) is 5.17. The third-order valence-corrected chi connectivity index (χ3v) is 5.24. The van der Waals surface area contributed by atoms with Gasteiger partial charge >= 0.3 is 0 Å². The highest BCUT2D eigenvalue weighted by Gasteiger charge is 2.11. The zero-order chi connectivity index (χ0) is 21.9. The molecule has 5 aromatic rings. The second-order valence-corrected chi connectivity index (χ2v) is 7.31. The van der Waals surface area contributed by atoms with Crippen LogP contribution in [0.1, 0.15) is 18.2 Å². The highest BCUT2D eigenvalue weighted by Crippen LogP contribution is 2.30. The average molecular weight is 424 g/mol. The summed E-state index contributed by atoms with van der Waals surface area (Å²) in [7, 11) is 0. The summed E-state index contributed by atoms with van der Waals surface area (Å²) >= 11 is 0. The van der Waals surface area contributed by atoms with Gasteiger partial charge in [0.25, 0.3) is 0 Å². The fraction of sp³-hybridized carbons (Fsp3) is 0.125. The largest absolute Gasteiger partial charge is 0.487 e. The first-order valence-corrected chi connectivity index (χ1v) is 10.3. The molecule has 0 saturated heterocycles. The SMILES string of the molecule is CCc1cc(OCc2ccc(-c3ccccc3-c3nn[nH]n3)cc2)c2[nH]c(=O)ccc2n1. The molecule has 32 heavy (non-hydrogen) atoms. The molecule has 0 atom stereocenters. The molecular weight excluding hydrogens is 404 g/mol. The molecule has 0 saturated carbocycles. The molecule has 3 aromatic heterocycles. The van der Waals surface area contributed by atoms with Crippen LogP contribution in [0.15, 0.2) is 71.5 Å². The van der Waals surface area contributed by atoms with Crippen molar-refractivity contribution in [3.63, 3.8) is 0 Å². The minimum Gasteiger partial charge on any atom is -0.487 e. The first kappa shape index (κ1) is 19.6. The van der Waals surface area contributed by atoms with E-state index in [0.29, 0.717) is 29.2 Å². The van der Waals surface area contributed by atoms with Gasteiger partial charge in [0.15, 0.2) is 0 Å². The van der Waals surface area contributed by atoms with Crippen molar-refractivity contribution in [2.45, 2.75) is 20.0 Å². The molecule has 0 bridgehead atoms. The fourth-order valence-corrected chi connectivity index (χ4v) is 3.60. The number of aryl methyl sites for hydroxylation is 1. The molecule has 0 aliphatic heterocycles. The number of pyridine rings is 2. The second kappa shape index (κ2) is 8.43. The quantitative estimate of drug-likeness (QED) is 0.428. The minimum atomic E-state index is -0.182. The summed E-state index contributed by atoms with van der Waals surface area (Å²) in [5, 5.41) is 14.4. The van der Waals surface area contributed by atoms with E-state index in [2.05, 4.69) is 30.6 Å². The topological polar surface area (TPSA) is 109 Å². The Bertz CT molecular complexity index is 1430. The molecule has 0 aliphatic carbocycles. The summed E-state index contributed by atoms with van der Waals surface area (Å²) in [6.07, 6.45) is 0.778. The molecule has 0 amide bonds. The molecule has 158 valence electrons. The van der Waals surface area contributed by atoms with Crippen molar-refractivity contribution in [2.24, 2.45) is 0 Å². The van der Waals surface area contributed by atoms with Crippen LogP contribution >= 0.6 is 0 Å². The van der Waals surface area contributed by atoms with E-state index in [-0.39, 0.29) is 5.56 Å². The van der Waals surface area contributed by atoms with Crippen molar-refractivity contribution in [2.75, 3.05) is 0 Å². The van der Waals surface area contributed by atoms with Crippen molar-refractivity contribution in [1.29, 1.82) is 0 Å². The van der Waals surface area contributed by atoms with Crippen LogP contribution in [0.3, 0.4) is 0 Å². The average Bonchev–Trinajstić information content (AvgIpc) is 3.38. The number of ether oxygens (including phenoxy) is 1. The zero-order valence-corrected chi connectivity index (χ0v) is 17.4. The highest BCUT2D eigenvalue weighted by atomic mass is 16.5. The van der Waals surface area contributed by atoms with Gasteiger partial charge in [-0.05, 0) is 34.4 Å². The van der Waals surface area contributed by atoms with E-state index in [4.69, 9.17) is 4.74 Å². The smallest absolute Gasteiger partial charge is 0.248 e. The van der Waals surface area contributed by atoms with E-state index in [1.165, 1.54) is 6.07 Å². The number of benzene rings is 2. The molecule has 0 radical (unpaired) electrons. The maximum atomic E-state index is 11.8. The lowest BCUT2D eigenvalue weighted by atomic mass is 9.98. The Morgan fingerprint density at radius 3 is 2.53 bits per heavy atom. The standard InChI is InChI=1S/C24H20N6O2/c1-2-17-13-21(23-20(25-17)11-12-22(31)26-23)32-14-15-7-9-16(10-8-15)18-5-3-4-6-19(18)24-27-29-30-28-24/h3-13H,2,14H2,1H3,(H,26,31)(H,27,28,29,30). The van der Waals surface area contributed by atoms with Gasteiger partial charge in [0, 0.05) is 23.4 Å². The minimum absolute atomic E-state index is 0.182. The number of H-pyrrole nitrogens is 2. The van der Waals surface area contributed by atoms with Gasteiger partial charge in [-0.1, -0.05) is 55.5 Å². The zero-order valence-electron chi connectivity index (χ0n) is 17.4. The summed E-state index contributed by atoms with van der Waals surface area (Å²) in [6.45, 7) is 2.40. The molecule has 8 nitrogen and oxygen atoms in total. The molecule has 0 fully saturated rings. The van der Waals surface area contributed by atoms with E-state index in [1.807, 2.05) is 61.5 Å². The third-order valence-electron chi connectivity index (χ3n) is 5.24. The fourth-order valence-electron chi connectivity index (χ4n) is 3.60. The Hall–Kier alpha value is -4.33. The lowest BCUT2D eigenvalue weighted by Crippen LogP contribution is -2.06. The third kappa shape index (κ3) is 3.85. The normalized spacial score (nSPS) is 11.0. The van der Waals surface area contributed by atoms with Crippen LogP contribution in [0, 0.1) is 0 Å². The molecule has 0 unspecified atom stereocenters. The lowest BCUT2D eigenvalue weighted by Gasteiger charge is -2.12. The van der Waals surface area contributed by atoms with E-state index in [0.717, 1.165) is 34.4 Å². The van der Waals surface area contributed by atoms with Crippen molar-refractivity contribution in [3.8, 4) is 28.3 Å². The van der Waals surface area contributed by atoms with Gasteiger partial charge in [-0.2, -0.15) is 5.21 Å². The van der Waals surface area contributed by atoms with Crippen LogP contribution in [0.2, 0.25) is 0 Å². The number of hydrogen-bond donors (Lipinski definition) is 2. The lowest BCUT2D eigenvalue weighted by molar-refractivity contribution is 0.309. The van der Waals surface area contributed by atoms with Crippen LogP contribution in [0.5, 0.6) is 5.75 Å². The van der Waals surface area contributed by atoms with E-state index in [1.54, 1.807) is 6.07 Å². The monoisotopic (exact) mass is 424 g/mol. The number of nitrogens with one attached hydrogen (secondary N) is 2. The Morgan fingerprint density at radius 1 is 0.969 bits per heavy atom. The first-order chi connectivity index (χ1) is 15.7. The van der Waals surface area contributed by atoms with Gasteiger partial charge in [-0.15, -0.1) is 10.2 Å². The molecule has 2 aromatic carbocycles. The number of aromatic nitrogens is 6. The number of nitrogens with zero attached hydrogens (tertiary/aromatic N) is 4. The van der Waals surface area contributed by atoms with Gasteiger partial charge in [0.05, 0.1) is 5.52 Å². The summed E-state index contributed by atoms with van der Waals surface area (Å²) in [5.41, 5.74) is 6.03. The van der Waals surface area contributed by atoms with Gasteiger partial charge in [-0.25, -0.2) is 0 Å². The Morgan fingerprint density at radius 2 is 1.78 bits per heavy atom. The van der Waals surface area contributed by atoms with Crippen LogP contribution in [0.25, 0.3) is 33.5 Å². The van der Waals surface area contributed by atoms with Gasteiger partial charge in [0.1, 0.15) is 17.9 Å². The highest BCUT2D eigenvalue weighted by molar-refractivity contribution is 5.81.